The molecule has 1 N–H and O–H groups in total. The molecule has 0 saturated carbocycles. The summed E-state index contributed by atoms with van der Waals surface area (Å²) in [5.74, 6) is 0.881. The summed E-state index contributed by atoms with van der Waals surface area (Å²) in [6.07, 6.45) is 3.17. The first-order valence-corrected chi connectivity index (χ1v) is 4.95. The second-order valence-corrected chi connectivity index (χ2v) is 3.58. The van der Waals surface area contributed by atoms with Crippen LogP contribution in [0.3, 0.4) is 0 Å². The number of hydrogen-bond donors (Lipinski definition) is 1. The lowest BCUT2D eigenvalue weighted by Gasteiger charge is -2.01. The Balaban J connectivity index is 2.20. The van der Waals surface area contributed by atoms with Crippen LogP contribution in [0.1, 0.15) is 0 Å². The SMILES string of the molecule is Oc1ccc2cc(-c3ncco3)ccc2c1. The van der Waals surface area contributed by atoms with Crippen molar-refractivity contribution < 1.29 is 9.52 Å². The molecular weight excluding hydrogens is 202 g/mol. The number of fused-ring (bicyclic) bond motifs is 1. The van der Waals surface area contributed by atoms with E-state index in [1.54, 1.807) is 24.6 Å². The largest absolute Gasteiger partial charge is 0.508 e. The van der Waals surface area contributed by atoms with E-state index in [0.717, 1.165) is 16.3 Å². The third kappa shape index (κ3) is 1.42. The summed E-state index contributed by atoms with van der Waals surface area (Å²) in [6, 6.07) is 11.1. The number of nitrogens with zero attached hydrogens (tertiary/aromatic N) is 1. The zero-order valence-electron chi connectivity index (χ0n) is 8.42. The van der Waals surface area contributed by atoms with Gasteiger partial charge in [0.1, 0.15) is 12.0 Å². The van der Waals surface area contributed by atoms with E-state index in [1.807, 2.05) is 24.3 Å². The molecule has 0 fully saturated rings. The van der Waals surface area contributed by atoms with E-state index in [4.69, 9.17) is 4.42 Å². The Morgan fingerprint density at radius 1 is 1.00 bits per heavy atom. The zero-order valence-corrected chi connectivity index (χ0v) is 8.42. The average Bonchev–Trinajstić information content (AvgIpc) is 2.82. The predicted molar refractivity (Wildman–Crippen MR) is 61.1 cm³/mol. The maximum absolute atomic E-state index is 9.35. The fraction of sp³-hybridized carbons (Fsp3) is 0. The Morgan fingerprint density at radius 3 is 2.62 bits per heavy atom. The molecule has 0 aliphatic rings. The van der Waals surface area contributed by atoms with Crippen molar-refractivity contribution in [2.75, 3.05) is 0 Å². The third-order valence-electron chi connectivity index (χ3n) is 2.50. The lowest BCUT2D eigenvalue weighted by atomic mass is 10.1. The lowest BCUT2D eigenvalue weighted by Crippen LogP contribution is -1.78. The first kappa shape index (κ1) is 8.97. The van der Waals surface area contributed by atoms with Gasteiger partial charge in [-0.25, -0.2) is 4.98 Å². The minimum atomic E-state index is 0.274. The van der Waals surface area contributed by atoms with Gasteiger partial charge < -0.3 is 9.52 Å². The molecule has 0 saturated heterocycles. The average molecular weight is 211 g/mol. The Morgan fingerprint density at radius 2 is 1.81 bits per heavy atom. The van der Waals surface area contributed by atoms with E-state index in [2.05, 4.69) is 4.98 Å². The van der Waals surface area contributed by atoms with Crippen LogP contribution in [0, 0.1) is 0 Å². The number of benzene rings is 2. The molecule has 0 aliphatic heterocycles. The summed E-state index contributed by atoms with van der Waals surface area (Å²) in [4.78, 5) is 4.09. The number of aromatic hydroxyl groups is 1. The van der Waals surface area contributed by atoms with Crippen molar-refractivity contribution in [1.82, 2.24) is 4.98 Å². The van der Waals surface area contributed by atoms with E-state index < -0.39 is 0 Å². The summed E-state index contributed by atoms with van der Waals surface area (Å²) in [7, 11) is 0. The molecule has 0 radical (unpaired) electrons. The fourth-order valence-electron chi connectivity index (χ4n) is 1.73. The van der Waals surface area contributed by atoms with Crippen molar-refractivity contribution in [2.24, 2.45) is 0 Å². The minimum absolute atomic E-state index is 0.274. The monoisotopic (exact) mass is 211 g/mol. The van der Waals surface area contributed by atoms with Gasteiger partial charge in [0.05, 0.1) is 6.20 Å². The van der Waals surface area contributed by atoms with Crippen LogP contribution in [-0.4, -0.2) is 10.1 Å². The van der Waals surface area contributed by atoms with Gasteiger partial charge in [0.2, 0.25) is 5.89 Å². The highest BCUT2D eigenvalue weighted by Crippen LogP contribution is 2.25. The Bertz CT molecular complexity index is 629. The molecule has 16 heavy (non-hydrogen) atoms. The molecule has 0 bridgehead atoms. The van der Waals surface area contributed by atoms with Gasteiger partial charge in [0.25, 0.3) is 0 Å². The van der Waals surface area contributed by atoms with Gasteiger partial charge in [-0.1, -0.05) is 12.1 Å². The first-order chi connectivity index (χ1) is 7.83. The van der Waals surface area contributed by atoms with E-state index in [-0.39, 0.29) is 5.75 Å². The highest BCUT2D eigenvalue weighted by molar-refractivity contribution is 5.87. The molecule has 2 aromatic carbocycles. The van der Waals surface area contributed by atoms with Gasteiger partial charge in [0, 0.05) is 5.56 Å². The summed E-state index contributed by atoms with van der Waals surface area (Å²) in [5.41, 5.74) is 0.934. The molecule has 78 valence electrons. The lowest BCUT2D eigenvalue weighted by molar-refractivity contribution is 0.476. The van der Waals surface area contributed by atoms with Crippen molar-refractivity contribution in [3.63, 3.8) is 0 Å². The standard InChI is InChI=1S/C13H9NO2/c15-12-4-3-9-7-11(2-1-10(9)8-12)13-14-5-6-16-13/h1-8,15H. The van der Waals surface area contributed by atoms with Gasteiger partial charge in [0.15, 0.2) is 0 Å². The second-order valence-electron chi connectivity index (χ2n) is 3.58. The second kappa shape index (κ2) is 3.38. The van der Waals surface area contributed by atoms with Gasteiger partial charge >= 0.3 is 0 Å². The molecule has 0 amide bonds. The van der Waals surface area contributed by atoms with Crippen LogP contribution < -0.4 is 0 Å². The van der Waals surface area contributed by atoms with Gasteiger partial charge in [-0.3, -0.25) is 0 Å². The van der Waals surface area contributed by atoms with Crippen LogP contribution in [0.2, 0.25) is 0 Å². The molecule has 3 aromatic rings. The van der Waals surface area contributed by atoms with Gasteiger partial charge in [-0.2, -0.15) is 0 Å². The summed E-state index contributed by atoms with van der Waals surface area (Å²) in [6.45, 7) is 0. The number of aromatic nitrogens is 1. The van der Waals surface area contributed by atoms with Crippen LogP contribution in [0.4, 0.5) is 0 Å². The topological polar surface area (TPSA) is 46.3 Å². The van der Waals surface area contributed by atoms with Crippen LogP contribution in [0.25, 0.3) is 22.2 Å². The Kier molecular flexibility index (Phi) is 1.90. The van der Waals surface area contributed by atoms with Crippen LogP contribution in [0.15, 0.2) is 53.3 Å². The number of phenolic OH excluding ortho intramolecular Hbond substituents is 1. The first-order valence-electron chi connectivity index (χ1n) is 4.95. The number of hydrogen-bond acceptors (Lipinski definition) is 3. The van der Waals surface area contributed by atoms with Gasteiger partial charge in [-0.05, 0) is 35.0 Å². The van der Waals surface area contributed by atoms with Crippen molar-refractivity contribution in [3.8, 4) is 17.2 Å². The summed E-state index contributed by atoms with van der Waals surface area (Å²) < 4.78 is 5.23. The van der Waals surface area contributed by atoms with E-state index in [9.17, 15) is 5.11 Å². The Hall–Kier alpha value is -2.29. The molecule has 1 heterocycles. The minimum Gasteiger partial charge on any atom is -0.508 e. The highest BCUT2D eigenvalue weighted by Gasteiger charge is 2.03. The van der Waals surface area contributed by atoms with E-state index in [1.165, 1.54) is 0 Å². The number of phenols is 1. The fourth-order valence-corrected chi connectivity index (χ4v) is 1.73. The smallest absolute Gasteiger partial charge is 0.225 e. The van der Waals surface area contributed by atoms with Gasteiger partial charge in [-0.15, -0.1) is 0 Å². The Labute approximate surface area is 92.0 Å². The number of oxazole rings is 1. The molecule has 0 unspecified atom stereocenters. The maximum atomic E-state index is 9.35. The van der Waals surface area contributed by atoms with E-state index in [0.29, 0.717) is 5.89 Å². The molecular formula is C13H9NO2. The summed E-state index contributed by atoms with van der Waals surface area (Å²) in [5, 5.41) is 11.4. The van der Waals surface area contributed by atoms with Crippen LogP contribution >= 0.6 is 0 Å². The quantitative estimate of drug-likeness (QED) is 0.672. The van der Waals surface area contributed by atoms with E-state index >= 15 is 0 Å². The maximum Gasteiger partial charge on any atom is 0.225 e. The molecule has 1 aromatic heterocycles. The molecule has 3 nitrogen and oxygen atoms in total. The molecule has 3 rings (SSSR count). The number of rotatable bonds is 1. The molecule has 3 heteroatoms. The molecule has 0 aliphatic carbocycles. The third-order valence-corrected chi connectivity index (χ3v) is 2.50. The normalized spacial score (nSPS) is 10.8. The van der Waals surface area contributed by atoms with Crippen molar-refractivity contribution in [1.29, 1.82) is 0 Å². The van der Waals surface area contributed by atoms with Crippen molar-refractivity contribution in [2.45, 2.75) is 0 Å². The van der Waals surface area contributed by atoms with Crippen molar-refractivity contribution >= 4 is 10.8 Å². The van der Waals surface area contributed by atoms with Crippen LogP contribution in [-0.2, 0) is 0 Å². The molecule has 0 atom stereocenters. The molecule has 0 spiro atoms. The zero-order chi connectivity index (χ0) is 11.0. The predicted octanol–water partition coefficient (Wildman–Crippen LogP) is 3.20. The van der Waals surface area contributed by atoms with Crippen molar-refractivity contribution in [3.05, 3.63) is 48.9 Å². The summed E-state index contributed by atoms with van der Waals surface area (Å²) >= 11 is 0. The van der Waals surface area contributed by atoms with Crippen LogP contribution in [0.5, 0.6) is 5.75 Å². The highest BCUT2D eigenvalue weighted by atomic mass is 16.3.